The Morgan fingerprint density at radius 2 is 2.29 bits per heavy atom. The van der Waals surface area contributed by atoms with Gasteiger partial charge in [0.25, 0.3) is 0 Å². The van der Waals surface area contributed by atoms with E-state index in [2.05, 4.69) is 31.5 Å². The fourth-order valence-electron chi connectivity index (χ4n) is 1.30. The summed E-state index contributed by atoms with van der Waals surface area (Å²) in [6.45, 7) is -0.384. The van der Waals surface area contributed by atoms with E-state index in [-0.39, 0.29) is 12.4 Å². The average Bonchev–Trinajstić information content (AvgIpc) is 2.69. The van der Waals surface area contributed by atoms with Crippen molar-refractivity contribution in [3.8, 4) is 11.4 Å². The number of carbonyl (C=O) groups is 1. The molecule has 17 heavy (non-hydrogen) atoms. The third-order valence-corrected chi connectivity index (χ3v) is 2.68. The highest BCUT2D eigenvalue weighted by atomic mass is 79.9. The van der Waals surface area contributed by atoms with Crippen LogP contribution < -0.4 is 0 Å². The smallest absolute Gasteiger partial charge is 0.325 e. The van der Waals surface area contributed by atoms with Crippen LogP contribution in [0.2, 0.25) is 0 Å². The number of rotatable bonds is 3. The summed E-state index contributed by atoms with van der Waals surface area (Å²) in [4.78, 5) is 10.6. The Labute approximate surface area is 103 Å². The molecule has 88 valence electrons. The van der Waals surface area contributed by atoms with E-state index < -0.39 is 11.8 Å². The molecule has 1 aromatic carbocycles. The minimum atomic E-state index is -1.08. The van der Waals surface area contributed by atoms with Crippen molar-refractivity contribution in [3.05, 3.63) is 28.5 Å². The Morgan fingerprint density at radius 3 is 3.00 bits per heavy atom. The second kappa shape index (κ2) is 4.58. The van der Waals surface area contributed by atoms with E-state index in [4.69, 9.17) is 5.11 Å². The highest BCUT2D eigenvalue weighted by Gasteiger charge is 2.14. The van der Waals surface area contributed by atoms with E-state index >= 15 is 0 Å². The van der Waals surface area contributed by atoms with Crippen LogP contribution in [0.25, 0.3) is 11.4 Å². The summed E-state index contributed by atoms with van der Waals surface area (Å²) in [6, 6.07) is 4.01. The lowest BCUT2D eigenvalue weighted by molar-refractivity contribution is -0.137. The van der Waals surface area contributed by atoms with Gasteiger partial charge in [-0.3, -0.25) is 4.79 Å². The number of carboxylic acids is 1. The zero-order chi connectivity index (χ0) is 12.4. The second-order valence-electron chi connectivity index (χ2n) is 3.18. The van der Waals surface area contributed by atoms with Crippen LogP contribution in [0.3, 0.4) is 0 Å². The molecule has 0 bridgehead atoms. The lowest BCUT2D eigenvalue weighted by atomic mass is 10.2. The third-order valence-electron chi connectivity index (χ3n) is 1.99. The van der Waals surface area contributed by atoms with Gasteiger partial charge in [0.05, 0.1) is 0 Å². The Kier molecular flexibility index (Phi) is 3.14. The molecule has 0 spiro atoms. The van der Waals surface area contributed by atoms with E-state index in [0.29, 0.717) is 10.0 Å². The predicted molar refractivity (Wildman–Crippen MR) is 58.5 cm³/mol. The molecule has 1 heterocycles. The van der Waals surface area contributed by atoms with E-state index in [1.807, 2.05) is 0 Å². The van der Waals surface area contributed by atoms with Crippen LogP contribution in [-0.4, -0.2) is 31.3 Å². The van der Waals surface area contributed by atoms with Gasteiger partial charge in [0, 0.05) is 10.0 Å². The van der Waals surface area contributed by atoms with Crippen LogP contribution in [0.5, 0.6) is 0 Å². The number of hydrogen-bond donors (Lipinski definition) is 1. The first-order valence-electron chi connectivity index (χ1n) is 4.51. The van der Waals surface area contributed by atoms with Gasteiger partial charge in [0.2, 0.25) is 0 Å². The predicted octanol–water partition coefficient (Wildman–Crippen LogP) is 1.33. The molecule has 0 aliphatic heterocycles. The van der Waals surface area contributed by atoms with Crippen LogP contribution in [0.1, 0.15) is 0 Å². The highest BCUT2D eigenvalue weighted by Crippen LogP contribution is 2.26. The van der Waals surface area contributed by atoms with E-state index in [9.17, 15) is 9.18 Å². The standard InChI is InChI=1S/C9H6BrFN4O2/c10-7-2-1-5(11)3-6(7)9-12-13-14-15(9)4-8(16)17/h1-3H,4H2,(H,16,17). The molecule has 0 atom stereocenters. The van der Waals surface area contributed by atoms with Crippen molar-refractivity contribution in [1.29, 1.82) is 0 Å². The maximum atomic E-state index is 13.1. The van der Waals surface area contributed by atoms with E-state index in [1.165, 1.54) is 18.2 Å². The van der Waals surface area contributed by atoms with Gasteiger partial charge >= 0.3 is 5.97 Å². The Balaban J connectivity index is 2.49. The van der Waals surface area contributed by atoms with Crippen molar-refractivity contribution >= 4 is 21.9 Å². The number of nitrogens with zero attached hydrogens (tertiary/aromatic N) is 4. The Bertz CT molecular complexity index is 572. The molecule has 2 aromatic rings. The molecule has 0 saturated carbocycles. The van der Waals surface area contributed by atoms with Gasteiger partial charge in [-0.25, -0.2) is 9.07 Å². The monoisotopic (exact) mass is 300 g/mol. The molecule has 8 heteroatoms. The Morgan fingerprint density at radius 1 is 1.53 bits per heavy atom. The summed E-state index contributed by atoms with van der Waals surface area (Å²) >= 11 is 3.23. The summed E-state index contributed by atoms with van der Waals surface area (Å²) in [5, 5.41) is 19.3. The molecule has 0 unspecified atom stereocenters. The van der Waals surface area contributed by atoms with Crippen molar-refractivity contribution in [3.63, 3.8) is 0 Å². The zero-order valence-electron chi connectivity index (χ0n) is 8.34. The number of tetrazole rings is 1. The number of carboxylic acid groups (broad SMARTS) is 1. The van der Waals surface area contributed by atoms with Gasteiger partial charge in [0.1, 0.15) is 12.4 Å². The first kappa shape index (κ1) is 11.6. The summed E-state index contributed by atoms with van der Waals surface area (Å²) in [7, 11) is 0. The number of benzene rings is 1. The lowest BCUT2D eigenvalue weighted by Gasteiger charge is -2.04. The number of hydrogen-bond acceptors (Lipinski definition) is 4. The molecule has 1 aromatic heterocycles. The normalized spacial score (nSPS) is 10.5. The van der Waals surface area contributed by atoms with Gasteiger partial charge in [-0.2, -0.15) is 0 Å². The molecule has 0 fully saturated rings. The summed E-state index contributed by atoms with van der Waals surface area (Å²) in [6.07, 6.45) is 0. The molecule has 0 radical (unpaired) electrons. The van der Waals surface area contributed by atoms with Crippen LogP contribution in [-0.2, 0) is 11.3 Å². The maximum Gasteiger partial charge on any atom is 0.325 e. The van der Waals surface area contributed by atoms with Gasteiger partial charge in [-0.05, 0) is 28.6 Å². The molecule has 0 saturated heterocycles. The molecule has 6 nitrogen and oxygen atoms in total. The number of aromatic nitrogens is 4. The molecule has 0 aliphatic rings. The first-order valence-corrected chi connectivity index (χ1v) is 5.30. The van der Waals surface area contributed by atoms with Crippen molar-refractivity contribution < 1.29 is 14.3 Å². The molecule has 1 N–H and O–H groups in total. The van der Waals surface area contributed by atoms with Gasteiger partial charge in [-0.15, -0.1) is 5.10 Å². The molecule has 0 aliphatic carbocycles. The molecule has 0 amide bonds. The van der Waals surface area contributed by atoms with Gasteiger partial charge < -0.3 is 5.11 Å². The molecular weight excluding hydrogens is 295 g/mol. The van der Waals surface area contributed by atoms with Crippen molar-refractivity contribution in [2.75, 3.05) is 0 Å². The number of halogens is 2. The van der Waals surface area contributed by atoms with Crippen molar-refractivity contribution in [2.24, 2.45) is 0 Å². The maximum absolute atomic E-state index is 13.1. The Hall–Kier alpha value is -1.83. The molecule has 2 rings (SSSR count). The van der Waals surface area contributed by atoms with Crippen molar-refractivity contribution in [2.45, 2.75) is 6.54 Å². The third kappa shape index (κ3) is 2.47. The summed E-state index contributed by atoms with van der Waals surface area (Å²) in [5.74, 6) is -1.34. The fourth-order valence-corrected chi connectivity index (χ4v) is 1.72. The van der Waals surface area contributed by atoms with Crippen LogP contribution in [0.15, 0.2) is 22.7 Å². The largest absolute Gasteiger partial charge is 0.480 e. The van der Waals surface area contributed by atoms with Crippen molar-refractivity contribution in [1.82, 2.24) is 20.2 Å². The molecular formula is C9H6BrFN4O2. The second-order valence-corrected chi connectivity index (χ2v) is 4.03. The number of aliphatic carboxylic acids is 1. The minimum Gasteiger partial charge on any atom is -0.480 e. The minimum absolute atomic E-state index is 0.193. The van der Waals surface area contributed by atoms with Crippen LogP contribution in [0, 0.1) is 5.82 Å². The SMILES string of the molecule is O=C(O)Cn1nnnc1-c1cc(F)ccc1Br. The zero-order valence-corrected chi connectivity index (χ0v) is 9.93. The van der Waals surface area contributed by atoms with E-state index in [1.54, 1.807) is 0 Å². The van der Waals surface area contributed by atoms with Crippen LogP contribution >= 0.6 is 15.9 Å². The lowest BCUT2D eigenvalue weighted by Crippen LogP contribution is -2.11. The summed E-state index contributed by atoms with van der Waals surface area (Å²) < 4.78 is 14.8. The van der Waals surface area contributed by atoms with E-state index in [0.717, 1.165) is 4.68 Å². The first-order chi connectivity index (χ1) is 8.08. The quantitative estimate of drug-likeness (QED) is 0.925. The summed E-state index contributed by atoms with van der Waals surface area (Å²) in [5.41, 5.74) is 0.399. The van der Waals surface area contributed by atoms with Gasteiger partial charge in [-0.1, -0.05) is 15.9 Å². The topological polar surface area (TPSA) is 80.9 Å². The average molecular weight is 301 g/mol. The fraction of sp³-hybridized carbons (Fsp3) is 0.111. The van der Waals surface area contributed by atoms with Crippen LogP contribution in [0.4, 0.5) is 4.39 Å². The van der Waals surface area contributed by atoms with Gasteiger partial charge in [0.15, 0.2) is 5.82 Å². The highest BCUT2D eigenvalue weighted by molar-refractivity contribution is 9.10.